The Balaban J connectivity index is 2.07. The zero-order valence-corrected chi connectivity index (χ0v) is 13.4. The number of nitrogens with zero attached hydrogens (tertiary/aromatic N) is 6. The highest BCUT2D eigenvalue weighted by Gasteiger charge is 2.17. The highest BCUT2D eigenvalue weighted by Crippen LogP contribution is 2.35. The third-order valence-corrected chi connectivity index (χ3v) is 3.85. The molecule has 2 heterocycles. The van der Waals surface area contributed by atoms with Crippen LogP contribution >= 0.6 is 0 Å². The van der Waals surface area contributed by atoms with E-state index in [0.29, 0.717) is 0 Å². The molecule has 12 nitrogen and oxygen atoms in total. The zero-order chi connectivity index (χ0) is 18.9. The van der Waals surface area contributed by atoms with E-state index < -0.39 is 32.4 Å². The van der Waals surface area contributed by atoms with Gasteiger partial charge in [-0.15, -0.1) is 10.2 Å². The number of aromatic carboxylic acids is 1. The average molecular weight is 376 g/mol. The van der Waals surface area contributed by atoms with E-state index in [9.17, 15) is 18.3 Å². The molecule has 1 aromatic carbocycles. The van der Waals surface area contributed by atoms with Gasteiger partial charge in [0.15, 0.2) is 5.82 Å². The van der Waals surface area contributed by atoms with Crippen molar-refractivity contribution in [2.24, 2.45) is 10.2 Å². The molecule has 0 aliphatic carbocycles. The van der Waals surface area contributed by atoms with E-state index in [-0.39, 0.29) is 22.4 Å². The van der Waals surface area contributed by atoms with Gasteiger partial charge < -0.3 is 10.2 Å². The van der Waals surface area contributed by atoms with Crippen LogP contribution in [0.25, 0.3) is 10.9 Å². The number of hydrogen-bond donors (Lipinski definition) is 3. The largest absolute Gasteiger partial charge is 0.506 e. The molecule has 0 radical (unpaired) electrons. The molecule has 2 aromatic heterocycles. The minimum Gasteiger partial charge on any atom is -0.506 e. The van der Waals surface area contributed by atoms with Gasteiger partial charge in [-0.3, -0.25) is 4.55 Å². The third kappa shape index (κ3) is 3.28. The Morgan fingerprint density at radius 1 is 1.08 bits per heavy atom. The zero-order valence-electron chi connectivity index (χ0n) is 12.5. The maximum atomic E-state index is 11.2. The van der Waals surface area contributed by atoms with E-state index in [0.717, 1.165) is 18.5 Å². The standard InChI is InChI=1S/C13H8N6O6S/c20-12-6(13(21)22)1-8(11-7(12)2-14-5-17-11)18-19-9-3-16-10(4-15-9)26(23,24)25/h1-5,20H,(H,21,22)(H,23,24,25). The summed E-state index contributed by atoms with van der Waals surface area (Å²) in [5, 5.41) is 26.1. The minimum atomic E-state index is -4.49. The molecule has 0 aliphatic rings. The van der Waals surface area contributed by atoms with E-state index in [1.165, 1.54) is 12.5 Å². The van der Waals surface area contributed by atoms with Crippen LogP contribution < -0.4 is 0 Å². The first-order valence-corrected chi connectivity index (χ1v) is 8.11. The summed E-state index contributed by atoms with van der Waals surface area (Å²) in [7, 11) is -4.49. The lowest BCUT2D eigenvalue weighted by atomic mass is 10.1. The maximum absolute atomic E-state index is 11.2. The van der Waals surface area contributed by atoms with Gasteiger partial charge in [-0.25, -0.2) is 24.7 Å². The van der Waals surface area contributed by atoms with Crippen molar-refractivity contribution >= 4 is 38.5 Å². The van der Waals surface area contributed by atoms with E-state index in [1.54, 1.807) is 0 Å². The number of azo groups is 1. The van der Waals surface area contributed by atoms with Gasteiger partial charge in [0, 0.05) is 6.20 Å². The lowest BCUT2D eigenvalue weighted by Crippen LogP contribution is -2.01. The minimum absolute atomic E-state index is 0.0123. The van der Waals surface area contributed by atoms with Crippen molar-refractivity contribution < 1.29 is 28.0 Å². The molecule has 26 heavy (non-hydrogen) atoms. The summed E-state index contributed by atoms with van der Waals surface area (Å²) >= 11 is 0. The number of rotatable bonds is 4. The fraction of sp³-hybridized carbons (Fsp3) is 0. The predicted molar refractivity (Wildman–Crippen MR) is 84.2 cm³/mol. The number of carbonyl (C=O) groups is 1. The second-order valence-corrected chi connectivity index (χ2v) is 6.14. The topological polar surface area (TPSA) is 188 Å². The van der Waals surface area contributed by atoms with Gasteiger partial charge in [0.1, 0.15) is 28.8 Å². The van der Waals surface area contributed by atoms with Crippen molar-refractivity contribution in [2.75, 3.05) is 0 Å². The van der Waals surface area contributed by atoms with Crippen LogP contribution in [-0.2, 0) is 10.1 Å². The van der Waals surface area contributed by atoms with Gasteiger partial charge in [0.05, 0.1) is 17.8 Å². The Morgan fingerprint density at radius 2 is 1.85 bits per heavy atom. The van der Waals surface area contributed by atoms with Gasteiger partial charge in [0.25, 0.3) is 0 Å². The van der Waals surface area contributed by atoms with Crippen molar-refractivity contribution in [3.05, 3.63) is 36.5 Å². The summed E-state index contributed by atoms with van der Waals surface area (Å²) < 4.78 is 30.7. The first-order valence-electron chi connectivity index (χ1n) is 6.67. The molecular weight excluding hydrogens is 368 g/mol. The number of carboxylic acid groups (broad SMARTS) is 1. The maximum Gasteiger partial charge on any atom is 0.339 e. The van der Waals surface area contributed by atoms with Crippen LogP contribution in [0.15, 0.2) is 46.2 Å². The monoisotopic (exact) mass is 376 g/mol. The highest BCUT2D eigenvalue weighted by molar-refractivity contribution is 7.85. The number of hydrogen-bond acceptors (Lipinski definition) is 10. The van der Waals surface area contributed by atoms with Crippen molar-refractivity contribution in [3.8, 4) is 5.75 Å². The molecule has 0 unspecified atom stereocenters. The molecule has 3 N–H and O–H groups in total. The summed E-state index contributed by atoms with van der Waals surface area (Å²) in [6.45, 7) is 0. The Bertz CT molecular complexity index is 1150. The summed E-state index contributed by atoms with van der Waals surface area (Å²) in [6.07, 6.45) is 4.14. The number of fused-ring (bicyclic) bond motifs is 1. The van der Waals surface area contributed by atoms with E-state index >= 15 is 0 Å². The quantitative estimate of drug-likeness (QED) is 0.444. The molecule has 0 saturated carbocycles. The third-order valence-electron chi connectivity index (χ3n) is 3.12. The lowest BCUT2D eigenvalue weighted by Gasteiger charge is -2.05. The number of carboxylic acids is 1. The molecule has 3 aromatic rings. The second-order valence-electron chi connectivity index (χ2n) is 4.77. The summed E-state index contributed by atoms with van der Waals surface area (Å²) in [4.78, 5) is 26.0. The summed E-state index contributed by atoms with van der Waals surface area (Å²) in [5.41, 5.74) is -0.263. The fourth-order valence-corrected chi connectivity index (χ4v) is 2.34. The van der Waals surface area contributed by atoms with E-state index in [1.807, 2.05) is 0 Å². The van der Waals surface area contributed by atoms with Gasteiger partial charge in [-0.05, 0) is 6.07 Å². The molecule has 0 bridgehead atoms. The molecule has 0 saturated heterocycles. The molecule has 132 valence electrons. The molecular formula is C13H8N6O6S. The number of phenols is 1. The number of benzene rings is 1. The Morgan fingerprint density at radius 3 is 2.46 bits per heavy atom. The van der Waals surface area contributed by atoms with Crippen LogP contribution in [0.4, 0.5) is 11.5 Å². The molecule has 0 fully saturated rings. The van der Waals surface area contributed by atoms with Crippen molar-refractivity contribution in [3.63, 3.8) is 0 Å². The summed E-state index contributed by atoms with van der Waals surface area (Å²) in [6, 6.07) is 1.07. The van der Waals surface area contributed by atoms with E-state index in [2.05, 4.69) is 30.2 Å². The first-order chi connectivity index (χ1) is 12.3. The fourth-order valence-electron chi connectivity index (χ4n) is 1.96. The Labute approximate surface area is 144 Å². The van der Waals surface area contributed by atoms with Crippen LogP contribution in [-0.4, -0.2) is 49.1 Å². The second kappa shape index (κ2) is 6.38. The van der Waals surface area contributed by atoms with Crippen LogP contribution in [0.3, 0.4) is 0 Å². The highest BCUT2D eigenvalue weighted by atomic mass is 32.2. The van der Waals surface area contributed by atoms with Crippen LogP contribution in [0.1, 0.15) is 10.4 Å². The normalized spacial score (nSPS) is 11.9. The molecule has 13 heteroatoms. The van der Waals surface area contributed by atoms with Gasteiger partial charge in [-0.1, -0.05) is 0 Å². The SMILES string of the molecule is O=C(O)c1cc(N=Nc2cnc(S(=O)(=O)O)cn2)c2ncncc2c1O. The molecule has 0 amide bonds. The first kappa shape index (κ1) is 17.2. The van der Waals surface area contributed by atoms with Crippen LogP contribution in [0, 0.1) is 0 Å². The van der Waals surface area contributed by atoms with Crippen molar-refractivity contribution in [1.82, 2.24) is 19.9 Å². The predicted octanol–water partition coefficient (Wildman–Crippen LogP) is 1.49. The Kier molecular flexibility index (Phi) is 4.23. The van der Waals surface area contributed by atoms with Crippen LogP contribution in [0.5, 0.6) is 5.75 Å². The number of aromatic nitrogens is 4. The average Bonchev–Trinajstić information content (AvgIpc) is 2.60. The molecule has 0 spiro atoms. The van der Waals surface area contributed by atoms with Gasteiger partial charge >= 0.3 is 16.1 Å². The lowest BCUT2D eigenvalue weighted by molar-refractivity contribution is 0.0694. The van der Waals surface area contributed by atoms with Crippen LogP contribution in [0.2, 0.25) is 0 Å². The molecule has 0 atom stereocenters. The van der Waals surface area contributed by atoms with Crippen molar-refractivity contribution in [2.45, 2.75) is 5.03 Å². The van der Waals surface area contributed by atoms with E-state index in [4.69, 9.17) is 9.66 Å². The summed E-state index contributed by atoms with van der Waals surface area (Å²) in [5.74, 6) is -2.00. The number of aromatic hydroxyl groups is 1. The Hall–Kier alpha value is -3.58. The smallest absolute Gasteiger partial charge is 0.339 e. The van der Waals surface area contributed by atoms with Gasteiger partial charge in [-0.2, -0.15) is 8.42 Å². The molecule has 0 aliphatic heterocycles. The van der Waals surface area contributed by atoms with Crippen molar-refractivity contribution in [1.29, 1.82) is 0 Å². The van der Waals surface area contributed by atoms with Gasteiger partial charge in [0.2, 0.25) is 5.03 Å². The molecule has 3 rings (SSSR count).